The fourth-order valence-corrected chi connectivity index (χ4v) is 5.78. The summed E-state index contributed by atoms with van der Waals surface area (Å²) in [4.78, 5) is 39.5. The highest BCUT2D eigenvalue weighted by atomic mass is 35.5. The van der Waals surface area contributed by atoms with E-state index in [0.29, 0.717) is 41.6 Å². The van der Waals surface area contributed by atoms with Crippen molar-refractivity contribution in [3.05, 3.63) is 47.1 Å². The number of hydrogen-bond acceptors (Lipinski definition) is 6. The molecule has 0 bridgehead atoms. The molecular weight excluding hydrogens is 470 g/mol. The fraction of sp³-hybridized carbons (Fsp3) is 0.520. The lowest BCUT2D eigenvalue weighted by atomic mass is 9.90. The first-order valence-electron chi connectivity index (χ1n) is 11.9. The number of anilines is 1. The van der Waals surface area contributed by atoms with E-state index in [0.717, 1.165) is 38.2 Å². The molecule has 1 aromatic carbocycles. The number of piperazine rings is 1. The molecule has 7 nitrogen and oxygen atoms in total. The molecule has 34 heavy (non-hydrogen) atoms. The first kappa shape index (κ1) is 24.8. The number of carbonyl (C=O) groups excluding carboxylic acids is 2. The van der Waals surface area contributed by atoms with Gasteiger partial charge in [0.15, 0.2) is 5.16 Å². The lowest BCUT2D eigenvalue weighted by Crippen LogP contribution is -2.53. The van der Waals surface area contributed by atoms with Gasteiger partial charge in [-0.15, -0.1) is 0 Å². The van der Waals surface area contributed by atoms with E-state index in [2.05, 4.69) is 39.1 Å². The van der Waals surface area contributed by atoms with Crippen LogP contribution in [0.25, 0.3) is 0 Å². The largest absolute Gasteiger partial charge is 0.353 e. The van der Waals surface area contributed by atoms with E-state index in [-0.39, 0.29) is 17.9 Å². The Labute approximate surface area is 210 Å². The van der Waals surface area contributed by atoms with Crippen LogP contribution in [0.5, 0.6) is 0 Å². The zero-order valence-corrected chi connectivity index (χ0v) is 21.4. The quantitative estimate of drug-likeness (QED) is 0.341. The molecular formula is C25H32ClN5O2S. The van der Waals surface area contributed by atoms with Gasteiger partial charge < -0.3 is 14.7 Å². The topological polar surface area (TPSA) is 69.6 Å². The van der Waals surface area contributed by atoms with Gasteiger partial charge in [0, 0.05) is 51.8 Å². The molecule has 182 valence electrons. The maximum Gasteiger partial charge on any atom is 0.233 e. The summed E-state index contributed by atoms with van der Waals surface area (Å²) in [7, 11) is 0. The molecule has 0 spiro atoms. The lowest BCUT2D eigenvalue weighted by Gasteiger charge is -2.40. The van der Waals surface area contributed by atoms with E-state index in [1.165, 1.54) is 17.3 Å². The fourth-order valence-electron chi connectivity index (χ4n) is 4.80. The zero-order chi connectivity index (χ0) is 24.1. The van der Waals surface area contributed by atoms with E-state index < -0.39 is 0 Å². The van der Waals surface area contributed by atoms with Crippen molar-refractivity contribution in [2.75, 3.05) is 43.4 Å². The summed E-state index contributed by atoms with van der Waals surface area (Å²) < 4.78 is 0. The first-order valence-corrected chi connectivity index (χ1v) is 13.3. The zero-order valence-electron chi connectivity index (χ0n) is 19.8. The molecule has 3 heterocycles. The Kier molecular flexibility index (Phi) is 8.32. The van der Waals surface area contributed by atoms with E-state index in [1.807, 2.05) is 22.8 Å². The highest BCUT2D eigenvalue weighted by Gasteiger charge is 2.27. The van der Waals surface area contributed by atoms with Crippen molar-refractivity contribution in [3.63, 3.8) is 0 Å². The molecule has 1 unspecified atom stereocenters. The van der Waals surface area contributed by atoms with E-state index >= 15 is 0 Å². The molecule has 4 rings (SSSR count). The molecule has 2 fully saturated rings. The monoisotopic (exact) mass is 501 g/mol. The van der Waals surface area contributed by atoms with Crippen molar-refractivity contribution in [1.29, 1.82) is 0 Å². The predicted molar refractivity (Wildman–Crippen MR) is 136 cm³/mol. The number of hydrogen-bond donors (Lipinski definition) is 0. The van der Waals surface area contributed by atoms with Crippen molar-refractivity contribution < 1.29 is 9.59 Å². The summed E-state index contributed by atoms with van der Waals surface area (Å²) in [5.41, 5.74) is 1.37. The second kappa shape index (κ2) is 11.4. The highest BCUT2D eigenvalue weighted by molar-refractivity contribution is 7.99. The SMILES string of the molecule is CC(=O)N1CCN(c2cc(Cl)nc(SCC(=O)N3CCC(Cc4ccccc4)CC3)n2)CC1C. The molecule has 0 N–H and O–H groups in total. The Morgan fingerprint density at radius 2 is 1.82 bits per heavy atom. The van der Waals surface area contributed by atoms with Gasteiger partial charge in [-0.2, -0.15) is 0 Å². The molecule has 2 aromatic rings. The summed E-state index contributed by atoms with van der Waals surface area (Å²) in [6.07, 6.45) is 3.15. The number of carbonyl (C=O) groups is 2. The van der Waals surface area contributed by atoms with E-state index in [1.54, 1.807) is 13.0 Å². The lowest BCUT2D eigenvalue weighted by molar-refractivity contribution is -0.131. The predicted octanol–water partition coefficient (Wildman–Crippen LogP) is 3.76. The number of nitrogens with zero attached hydrogens (tertiary/aromatic N) is 5. The minimum Gasteiger partial charge on any atom is -0.353 e. The van der Waals surface area contributed by atoms with Crippen LogP contribution < -0.4 is 4.90 Å². The molecule has 9 heteroatoms. The van der Waals surface area contributed by atoms with Crippen LogP contribution in [0.1, 0.15) is 32.3 Å². The maximum atomic E-state index is 12.8. The molecule has 0 radical (unpaired) electrons. The van der Waals surface area contributed by atoms with Crippen LogP contribution in [0.2, 0.25) is 5.15 Å². The first-order chi connectivity index (χ1) is 16.4. The van der Waals surface area contributed by atoms with Crippen molar-refractivity contribution in [2.24, 2.45) is 5.92 Å². The second-order valence-electron chi connectivity index (χ2n) is 9.14. The number of aromatic nitrogens is 2. The molecule has 2 amide bonds. The second-order valence-corrected chi connectivity index (χ2v) is 10.5. The van der Waals surface area contributed by atoms with Crippen LogP contribution in [-0.4, -0.2) is 76.1 Å². The third kappa shape index (κ3) is 6.42. The summed E-state index contributed by atoms with van der Waals surface area (Å²) in [6.45, 7) is 7.28. The maximum absolute atomic E-state index is 12.8. The van der Waals surface area contributed by atoms with Crippen molar-refractivity contribution in [2.45, 2.75) is 44.3 Å². The smallest absolute Gasteiger partial charge is 0.233 e. The normalized spacial score (nSPS) is 19.4. The number of halogens is 1. The van der Waals surface area contributed by atoms with Crippen LogP contribution in [-0.2, 0) is 16.0 Å². The standard InChI is InChI=1S/C25H32ClN5O2S/c1-18-16-30(12-13-31(18)19(2)32)23-15-22(26)27-25(28-23)34-17-24(33)29-10-8-21(9-11-29)14-20-6-4-3-5-7-20/h3-7,15,18,21H,8-14,16-17H2,1-2H3. The van der Waals surface area contributed by atoms with Crippen LogP contribution in [0.4, 0.5) is 5.82 Å². The molecule has 0 saturated carbocycles. The Balaban J connectivity index is 1.28. The minimum atomic E-state index is 0.0896. The van der Waals surface area contributed by atoms with E-state index in [4.69, 9.17) is 11.6 Å². The average molecular weight is 502 g/mol. The third-order valence-electron chi connectivity index (χ3n) is 6.68. The summed E-state index contributed by atoms with van der Waals surface area (Å²) >= 11 is 7.62. The number of rotatable bonds is 6. The van der Waals surface area contributed by atoms with Gasteiger partial charge in [0.1, 0.15) is 11.0 Å². The van der Waals surface area contributed by atoms with Crippen LogP contribution in [0.3, 0.4) is 0 Å². The molecule has 1 aromatic heterocycles. The number of likely N-dealkylation sites (tertiary alicyclic amines) is 1. The molecule has 2 aliphatic rings. The van der Waals surface area contributed by atoms with Crippen molar-refractivity contribution in [1.82, 2.24) is 19.8 Å². The van der Waals surface area contributed by atoms with Gasteiger partial charge in [-0.05, 0) is 37.7 Å². The van der Waals surface area contributed by atoms with Crippen LogP contribution >= 0.6 is 23.4 Å². The van der Waals surface area contributed by atoms with Crippen molar-refractivity contribution in [3.8, 4) is 0 Å². The number of thioether (sulfide) groups is 1. The minimum absolute atomic E-state index is 0.0896. The summed E-state index contributed by atoms with van der Waals surface area (Å²) in [5.74, 6) is 1.89. The van der Waals surface area contributed by atoms with Gasteiger partial charge in [-0.3, -0.25) is 9.59 Å². The Morgan fingerprint density at radius 1 is 1.09 bits per heavy atom. The van der Waals surface area contributed by atoms with Gasteiger partial charge in [0.25, 0.3) is 0 Å². The summed E-state index contributed by atoms with van der Waals surface area (Å²) in [6, 6.07) is 12.4. The molecule has 1 atom stereocenters. The van der Waals surface area contributed by atoms with E-state index in [9.17, 15) is 9.59 Å². The summed E-state index contributed by atoms with van der Waals surface area (Å²) in [5, 5.41) is 0.875. The highest BCUT2D eigenvalue weighted by Crippen LogP contribution is 2.26. The third-order valence-corrected chi connectivity index (χ3v) is 7.70. The Hall–Kier alpha value is -2.32. The molecule has 2 aliphatic heterocycles. The Bertz CT molecular complexity index is 1000. The number of amides is 2. The number of benzene rings is 1. The van der Waals surface area contributed by atoms with Gasteiger partial charge >= 0.3 is 0 Å². The van der Waals surface area contributed by atoms with Gasteiger partial charge in [0.2, 0.25) is 11.8 Å². The van der Waals surface area contributed by atoms with Gasteiger partial charge in [0.05, 0.1) is 5.75 Å². The molecule has 0 aliphatic carbocycles. The van der Waals surface area contributed by atoms with Gasteiger partial charge in [-0.25, -0.2) is 9.97 Å². The van der Waals surface area contributed by atoms with Crippen LogP contribution in [0, 0.1) is 5.92 Å². The van der Waals surface area contributed by atoms with Crippen LogP contribution in [0.15, 0.2) is 41.6 Å². The van der Waals surface area contributed by atoms with Gasteiger partial charge in [-0.1, -0.05) is 53.7 Å². The van der Waals surface area contributed by atoms with Crippen molar-refractivity contribution >= 4 is 41.0 Å². The average Bonchev–Trinajstić information content (AvgIpc) is 2.83. The number of piperidine rings is 1. The molecule has 2 saturated heterocycles. The Morgan fingerprint density at radius 3 is 2.50 bits per heavy atom.